The highest BCUT2D eigenvalue weighted by atomic mass is 16.2. The number of aryl methyl sites for hydroxylation is 1. The maximum absolute atomic E-state index is 12.0. The highest BCUT2D eigenvalue weighted by Gasteiger charge is 2.26. The zero-order valence-corrected chi connectivity index (χ0v) is 14.4. The lowest BCUT2D eigenvalue weighted by molar-refractivity contribution is -0.116. The van der Waals surface area contributed by atoms with Crippen molar-refractivity contribution in [2.45, 2.75) is 19.4 Å². The maximum atomic E-state index is 12.0. The van der Waals surface area contributed by atoms with Crippen molar-refractivity contribution >= 4 is 17.4 Å². The molecule has 1 amide bonds. The van der Waals surface area contributed by atoms with E-state index in [0.717, 1.165) is 17.7 Å². The number of anilines is 2. The van der Waals surface area contributed by atoms with Gasteiger partial charge >= 0.3 is 0 Å². The molecule has 0 bridgehead atoms. The van der Waals surface area contributed by atoms with Crippen molar-refractivity contribution in [3.05, 3.63) is 77.5 Å². The molecule has 4 rings (SSSR count). The van der Waals surface area contributed by atoms with E-state index in [1.54, 1.807) is 12.3 Å². The Morgan fingerprint density at radius 1 is 1.19 bits per heavy atom. The van der Waals surface area contributed by atoms with Gasteiger partial charge in [-0.1, -0.05) is 35.9 Å². The minimum Gasteiger partial charge on any atom is -0.373 e. The number of carbonyl (C=O) groups is 1. The summed E-state index contributed by atoms with van der Waals surface area (Å²) in [5.41, 5.74) is 4.13. The standard InChI is InChI=1S/C12H12N4O.C8H7N/c17-12(15-11-5-6-13-16-11)10-7-8-3-1-2-4-9(8)14-10;1-7-2-4-8(6-9)5-3-7/h1-6,10,14H,7H2,(H2,13,15,16,17);2-5H,1H3. The van der Waals surface area contributed by atoms with Crippen LogP contribution >= 0.6 is 0 Å². The first kappa shape index (κ1) is 17.2. The number of H-pyrrole nitrogens is 1. The van der Waals surface area contributed by atoms with E-state index in [2.05, 4.69) is 26.9 Å². The smallest absolute Gasteiger partial charge is 0.248 e. The lowest BCUT2D eigenvalue weighted by Crippen LogP contribution is -2.32. The average Bonchev–Trinajstić information content (AvgIpc) is 3.32. The Morgan fingerprint density at radius 3 is 2.62 bits per heavy atom. The summed E-state index contributed by atoms with van der Waals surface area (Å²) in [6.45, 7) is 2.00. The van der Waals surface area contributed by atoms with Crippen LogP contribution in [-0.4, -0.2) is 22.1 Å². The topological polar surface area (TPSA) is 93.6 Å². The van der Waals surface area contributed by atoms with Crippen LogP contribution in [0, 0.1) is 18.3 Å². The van der Waals surface area contributed by atoms with Gasteiger partial charge in [0.1, 0.15) is 11.9 Å². The second-order valence-corrected chi connectivity index (χ2v) is 6.00. The van der Waals surface area contributed by atoms with E-state index in [0.29, 0.717) is 5.82 Å². The number of para-hydroxylation sites is 1. The second kappa shape index (κ2) is 7.99. The first-order valence-electron chi connectivity index (χ1n) is 8.27. The highest BCUT2D eigenvalue weighted by Crippen LogP contribution is 2.25. The molecular formula is C20H19N5O. The third kappa shape index (κ3) is 4.28. The van der Waals surface area contributed by atoms with Crippen LogP contribution in [0.1, 0.15) is 16.7 Å². The summed E-state index contributed by atoms with van der Waals surface area (Å²) in [6, 6.07) is 19.0. The molecule has 2 aromatic carbocycles. The van der Waals surface area contributed by atoms with Gasteiger partial charge in [0.25, 0.3) is 0 Å². The van der Waals surface area contributed by atoms with Crippen LogP contribution in [0.15, 0.2) is 60.8 Å². The van der Waals surface area contributed by atoms with E-state index >= 15 is 0 Å². The van der Waals surface area contributed by atoms with Gasteiger partial charge in [-0.15, -0.1) is 0 Å². The molecule has 0 aliphatic carbocycles. The summed E-state index contributed by atoms with van der Waals surface area (Å²) in [5, 5.41) is 20.8. The molecule has 0 saturated heterocycles. The summed E-state index contributed by atoms with van der Waals surface area (Å²) in [7, 11) is 0. The molecule has 26 heavy (non-hydrogen) atoms. The Kier molecular flexibility index (Phi) is 5.30. The monoisotopic (exact) mass is 345 g/mol. The number of benzene rings is 2. The van der Waals surface area contributed by atoms with Crippen molar-refractivity contribution < 1.29 is 4.79 Å². The summed E-state index contributed by atoms with van der Waals surface area (Å²) >= 11 is 0. The summed E-state index contributed by atoms with van der Waals surface area (Å²) in [5.74, 6) is 0.568. The van der Waals surface area contributed by atoms with Gasteiger partial charge in [-0.05, 0) is 30.7 Å². The van der Waals surface area contributed by atoms with Gasteiger partial charge in [0.2, 0.25) is 5.91 Å². The number of nitrogens with zero attached hydrogens (tertiary/aromatic N) is 2. The number of aromatic amines is 1. The third-order valence-electron chi connectivity index (χ3n) is 4.03. The molecule has 6 nitrogen and oxygen atoms in total. The molecule has 1 unspecified atom stereocenters. The maximum Gasteiger partial charge on any atom is 0.248 e. The second-order valence-electron chi connectivity index (χ2n) is 6.00. The fourth-order valence-electron chi connectivity index (χ4n) is 2.63. The number of aromatic nitrogens is 2. The molecule has 0 radical (unpaired) electrons. The molecule has 1 aliphatic heterocycles. The average molecular weight is 345 g/mol. The van der Waals surface area contributed by atoms with Gasteiger partial charge in [0, 0.05) is 18.2 Å². The summed E-state index contributed by atoms with van der Waals surface area (Å²) < 4.78 is 0. The first-order chi connectivity index (χ1) is 12.7. The van der Waals surface area contributed by atoms with Crippen LogP contribution in [-0.2, 0) is 11.2 Å². The molecule has 1 atom stereocenters. The van der Waals surface area contributed by atoms with E-state index < -0.39 is 0 Å². The Bertz CT molecular complexity index is 885. The number of fused-ring (bicyclic) bond motifs is 1. The van der Waals surface area contributed by atoms with Crippen molar-refractivity contribution in [3.8, 4) is 6.07 Å². The molecule has 0 fully saturated rings. The zero-order valence-electron chi connectivity index (χ0n) is 14.4. The fourth-order valence-corrected chi connectivity index (χ4v) is 2.63. The summed E-state index contributed by atoms with van der Waals surface area (Å²) in [4.78, 5) is 12.0. The molecule has 6 heteroatoms. The molecular weight excluding hydrogens is 326 g/mol. The van der Waals surface area contributed by atoms with Crippen molar-refractivity contribution in [3.63, 3.8) is 0 Å². The molecule has 2 heterocycles. The van der Waals surface area contributed by atoms with Gasteiger partial charge < -0.3 is 10.6 Å². The van der Waals surface area contributed by atoms with E-state index in [4.69, 9.17) is 5.26 Å². The quantitative estimate of drug-likeness (QED) is 0.664. The normalized spacial score (nSPS) is 14.2. The number of hydrogen-bond acceptors (Lipinski definition) is 4. The van der Waals surface area contributed by atoms with E-state index in [1.807, 2.05) is 55.5 Å². The van der Waals surface area contributed by atoms with Gasteiger partial charge in [-0.3, -0.25) is 9.89 Å². The zero-order chi connectivity index (χ0) is 18.4. The van der Waals surface area contributed by atoms with E-state index in [1.165, 1.54) is 11.1 Å². The van der Waals surface area contributed by atoms with Crippen LogP contribution < -0.4 is 10.6 Å². The largest absolute Gasteiger partial charge is 0.373 e. The third-order valence-corrected chi connectivity index (χ3v) is 4.03. The molecule has 0 saturated carbocycles. The van der Waals surface area contributed by atoms with E-state index in [9.17, 15) is 4.79 Å². The van der Waals surface area contributed by atoms with Crippen molar-refractivity contribution in [1.82, 2.24) is 10.2 Å². The number of carbonyl (C=O) groups excluding carboxylic acids is 1. The number of nitrogens with one attached hydrogen (secondary N) is 3. The van der Waals surface area contributed by atoms with Crippen LogP contribution in [0.5, 0.6) is 0 Å². The number of rotatable bonds is 2. The number of hydrogen-bond donors (Lipinski definition) is 3. The minimum absolute atomic E-state index is 0.0505. The molecule has 3 N–H and O–H groups in total. The Morgan fingerprint density at radius 2 is 1.96 bits per heavy atom. The molecule has 1 aliphatic rings. The Balaban J connectivity index is 0.000000185. The van der Waals surface area contributed by atoms with E-state index in [-0.39, 0.29) is 11.9 Å². The first-order valence-corrected chi connectivity index (χ1v) is 8.27. The lowest BCUT2D eigenvalue weighted by Gasteiger charge is -2.10. The van der Waals surface area contributed by atoms with Crippen molar-refractivity contribution in [1.29, 1.82) is 5.26 Å². The SMILES string of the molecule is Cc1ccc(C#N)cc1.O=C(Nc1ccn[nH]1)C1Cc2ccccc2N1. The van der Waals surface area contributed by atoms with Gasteiger partial charge in [-0.25, -0.2) is 0 Å². The van der Waals surface area contributed by atoms with Crippen molar-refractivity contribution in [2.75, 3.05) is 10.6 Å². The number of nitriles is 1. The predicted octanol–water partition coefficient (Wildman–Crippen LogP) is 3.25. The van der Waals surface area contributed by atoms with Crippen LogP contribution in [0.4, 0.5) is 11.5 Å². The van der Waals surface area contributed by atoms with Crippen molar-refractivity contribution in [2.24, 2.45) is 0 Å². The minimum atomic E-state index is -0.212. The molecule has 130 valence electrons. The number of amides is 1. The fraction of sp³-hybridized carbons (Fsp3) is 0.150. The van der Waals surface area contributed by atoms with Gasteiger partial charge in [0.05, 0.1) is 17.8 Å². The molecule has 3 aromatic rings. The summed E-state index contributed by atoms with van der Waals surface area (Å²) in [6.07, 6.45) is 2.32. The molecule has 0 spiro atoms. The van der Waals surface area contributed by atoms with Crippen LogP contribution in [0.25, 0.3) is 0 Å². The van der Waals surface area contributed by atoms with Gasteiger partial charge in [-0.2, -0.15) is 10.4 Å². The Labute approximate surface area is 151 Å². The van der Waals surface area contributed by atoms with Gasteiger partial charge in [0.15, 0.2) is 0 Å². The highest BCUT2D eigenvalue weighted by molar-refractivity contribution is 5.97. The predicted molar refractivity (Wildman–Crippen MR) is 101 cm³/mol. The lowest BCUT2D eigenvalue weighted by atomic mass is 10.1. The van der Waals surface area contributed by atoms with Crippen LogP contribution in [0.3, 0.4) is 0 Å². The molecule has 1 aromatic heterocycles. The van der Waals surface area contributed by atoms with Crippen LogP contribution in [0.2, 0.25) is 0 Å². The Hall–Kier alpha value is -3.59.